The van der Waals surface area contributed by atoms with Gasteiger partial charge in [0.15, 0.2) is 0 Å². The maximum atomic E-state index is 5.32. The zero-order chi connectivity index (χ0) is 13.0. The van der Waals surface area contributed by atoms with Crippen LogP contribution in [0.5, 0.6) is 0 Å². The lowest BCUT2D eigenvalue weighted by molar-refractivity contribution is 0.606. The lowest BCUT2D eigenvalue weighted by atomic mass is 9.90. The van der Waals surface area contributed by atoms with E-state index in [0.717, 1.165) is 6.42 Å². The van der Waals surface area contributed by atoms with Gasteiger partial charge in [0.1, 0.15) is 0 Å². The fourth-order valence-electron chi connectivity index (χ4n) is 2.20. The van der Waals surface area contributed by atoms with Gasteiger partial charge in [-0.3, -0.25) is 0 Å². The number of allylic oxidation sites excluding steroid dienone is 8. The Labute approximate surface area is 110 Å². The molecule has 92 valence electrons. The van der Waals surface area contributed by atoms with Gasteiger partial charge in [-0.2, -0.15) is 0 Å². The van der Waals surface area contributed by atoms with Gasteiger partial charge in [0, 0.05) is 0 Å². The van der Waals surface area contributed by atoms with Crippen molar-refractivity contribution in [1.29, 1.82) is 0 Å². The molecule has 0 radical (unpaired) electrons. The van der Waals surface area contributed by atoms with E-state index in [-0.39, 0.29) is 5.41 Å². The molecule has 0 aromatic carbocycles. The van der Waals surface area contributed by atoms with Gasteiger partial charge in [-0.25, -0.2) is 0 Å². The molecule has 0 heterocycles. The predicted molar refractivity (Wildman–Crippen MR) is 78.6 cm³/mol. The number of nitrogens with zero attached hydrogens (tertiary/aromatic N) is 1. The van der Waals surface area contributed by atoms with E-state index in [2.05, 4.69) is 67.3 Å². The fraction of sp³-hybridized carbons (Fsp3) is 0.353. The minimum atomic E-state index is -0.0766. The molecule has 0 amide bonds. The highest BCUT2D eigenvalue weighted by Crippen LogP contribution is 2.29. The monoisotopic (exact) mass is 238 g/mol. The van der Waals surface area contributed by atoms with E-state index in [1.165, 1.54) is 11.1 Å². The highest BCUT2D eigenvalue weighted by atomic mass is 14.7. The Morgan fingerprint density at radius 3 is 2.11 bits per heavy atom. The standard InChI is InChI=1S/C17H20N/c1-4-14-5-7-15-9-11-17(2,13-18-3)12-10-16(15)8-6-14/h3,5-12,14H,4,13H2,1-2H3/q+1. The molecule has 18 heavy (non-hydrogen) atoms. The summed E-state index contributed by atoms with van der Waals surface area (Å²) in [5.74, 6) is 0.546. The minimum absolute atomic E-state index is 0.0766. The predicted octanol–water partition coefficient (Wildman–Crippen LogP) is 4.53. The smallest absolute Gasteiger partial charge is 0.0856 e. The summed E-state index contributed by atoms with van der Waals surface area (Å²) in [4.78, 5) is 3.78. The van der Waals surface area contributed by atoms with Gasteiger partial charge in [-0.15, -0.1) is 0 Å². The van der Waals surface area contributed by atoms with Crippen molar-refractivity contribution in [3.63, 3.8) is 0 Å². The quantitative estimate of drug-likeness (QED) is 0.665. The van der Waals surface area contributed by atoms with Gasteiger partial charge in [-0.05, 0) is 30.4 Å². The Kier molecular flexibility index (Phi) is 3.67. The summed E-state index contributed by atoms with van der Waals surface area (Å²) in [6, 6.07) is 0. The molecular weight excluding hydrogens is 218 g/mol. The molecule has 2 aliphatic rings. The van der Waals surface area contributed by atoms with Crippen LogP contribution in [0.3, 0.4) is 0 Å². The number of rotatable bonds is 2. The molecule has 0 atom stereocenters. The van der Waals surface area contributed by atoms with Crippen LogP contribution >= 0.6 is 0 Å². The van der Waals surface area contributed by atoms with Crippen molar-refractivity contribution in [1.82, 2.24) is 0 Å². The second-order valence-electron chi connectivity index (χ2n) is 5.21. The van der Waals surface area contributed by atoms with Gasteiger partial charge in [0.05, 0.1) is 5.41 Å². The van der Waals surface area contributed by atoms with Gasteiger partial charge in [0.25, 0.3) is 13.1 Å². The van der Waals surface area contributed by atoms with E-state index in [9.17, 15) is 0 Å². The second-order valence-corrected chi connectivity index (χ2v) is 5.21. The Balaban J connectivity index is 2.31. The summed E-state index contributed by atoms with van der Waals surface area (Å²) < 4.78 is 0. The molecule has 0 aromatic heterocycles. The third-order valence-corrected chi connectivity index (χ3v) is 3.57. The third-order valence-electron chi connectivity index (χ3n) is 3.57. The molecular formula is C17H20N+. The number of hydrogen-bond donors (Lipinski definition) is 0. The van der Waals surface area contributed by atoms with E-state index in [0.29, 0.717) is 12.5 Å². The Morgan fingerprint density at radius 2 is 1.67 bits per heavy atom. The Bertz CT molecular complexity index is 472. The van der Waals surface area contributed by atoms with Crippen molar-refractivity contribution in [2.75, 3.05) is 6.54 Å². The summed E-state index contributed by atoms with van der Waals surface area (Å²) >= 11 is 0. The molecule has 0 fully saturated rings. The average Bonchev–Trinajstić information content (AvgIpc) is 2.64. The van der Waals surface area contributed by atoms with Crippen molar-refractivity contribution >= 4 is 0 Å². The molecule has 2 rings (SSSR count). The van der Waals surface area contributed by atoms with E-state index >= 15 is 0 Å². The van der Waals surface area contributed by atoms with Crippen molar-refractivity contribution in [3.05, 3.63) is 64.6 Å². The maximum absolute atomic E-state index is 5.32. The first kappa shape index (κ1) is 12.6. The van der Waals surface area contributed by atoms with E-state index in [1.807, 2.05) is 0 Å². The summed E-state index contributed by atoms with van der Waals surface area (Å²) in [6.07, 6.45) is 18.9. The van der Waals surface area contributed by atoms with Gasteiger partial charge < -0.3 is 0 Å². The lowest BCUT2D eigenvalue weighted by Gasteiger charge is -2.11. The van der Waals surface area contributed by atoms with Crippen LogP contribution in [0.4, 0.5) is 0 Å². The summed E-state index contributed by atoms with van der Waals surface area (Å²) in [5.41, 5.74) is 2.45. The van der Waals surface area contributed by atoms with Crippen LogP contribution in [0.15, 0.2) is 59.8 Å². The molecule has 0 bridgehead atoms. The van der Waals surface area contributed by atoms with Gasteiger partial charge in [-0.1, -0.05) is 60.4 Å². The van der Waals surface area contributed by atoms with E-state index in [4.69, 9.17) is 6.57 Å². The first-order valence-corrected chi connectivity index (χ1v) is 6.53. The molecule has 0 saturated heterocycles. The minimum Gasteiger partial charge on any atom is -0.0856 e. The zero-order valence-electron chi connectivity index (χ0n) is 11.1. The second kappa shape index (κ2) is 5.23. The normalized spacial score (nSPS) is 21.4. The van der Waals surface area contributed by atoms with Crippen LogP contribution in [0.1, 0.15) is 20.3 Å². The third kappa shape index (κ3) is 2.71. The highest BCUT2D eigenvalue weighted by molar-refractivity contribution is 5.51. The van der Waals surface area contributed by atoms with Crippen molar-refractivity contribution in [2.45, 2.75) is 20.3 Å². The van der Waals surface area contributed by atoms with Crippen LogP contribution in [0.25, 0.3) is 4.85 Å². The van der Waals surface area contributed by atoms with Crippen molar-refractivity contribution < 1.29 is 0 Å². The Hall–Kier alpha value is -1.81. The molecule has 1 nitrogen and oxygen atoms in total. The first-order chi connectivity index (χ1) is 8.67. The SMILES string of the molecule is C#[N+]CC1(C)C=CC2=C(C=CC(CC)C=C2)C=C1. The summed E-state index contributed by atoms with van der Waals surface area (Å²) in [6.45, 7) is 10.3. The molecule has 0 unspecified atom stereocenters. The van der Waals surface area contributed by atoms with Gasteiger partial charge >= 0.3 is 0 Å². The van der Waals surface area contributed by atoms with Crippen molar-refractivity contribution in [3.8, 4) is 6.57 Å². The van der Waals surface area contributed by atoms with Crippen LogP contribution in [-0.4, -0.2) is 6.54 Å². The summed E-state index contributed by atoms with van der Waals surface area (Å²) in [7, 11) is 0. The average molecular weight is 238 g/mol. The van der Waals surface area contributed by atoms with Crippen LogP contribution in [0.2, 0.25) is 0 Å². The van der Waals surface area contributed by atoms with Crippen LogP contribution < -0.4 is 0 Å². The molecule has 0 aliphatic heterocycles. The number of hydrogen-bond acceptors (Lipinski definition) is 0. The fourth-order valence-corrected chi connectivity index (χ4v) is 2.20. The van der Waals surface area contributed by atoms with E-state index < -0.39 is 0 Å². The summed E-state index contributed by atoms with van der Waals surface area (Å²) in [5, 5.41) is 0. The molecule has 1 heteroatoms. The largest absolute Gasteiger partial charge is 0.275 e. The lowest BCUT2D eigenvalue weighted by Crippen LogP contribution is -2.12. The molecule has 0 aromatic rings. The molecule has 0 saturated carbocycles. The van der Waals surface area contributed by atoms with Crippen LogP contribution in [-0.2, 0) is 0 Å². The molecule has 0 N–H and O–H groups in total. The maximum Gasteiger partial charge on any atom is 0.275 e. The van der Waals surface area contributed by atoms with E-state index in [1.54, 1.807) is 0 Å². The topological polar surface area (TPSA) is 4.36 Å². The zero-order valence-corrected chi connectivity index (χ0v) is 11.1. The van der Waals surface area contributed by atoms with Crippen LogP contribution in [0, 0.1) is 17.9 Å². The van der Waals surface area contributed by atoms with Gasteiger partial charge in [0.2, 0.25) is 0 Å². The first-order valence-electron chi connectivity index (χ1n) is 6.53. The van der Waals surface area contributed by atoms with Crippen molar-refractivity contribution in [2.24, 2.45) is 11.3 Å². The highest BCUT2D eigenvalue weighted by Gasteiger charge is 2.24. The molecule has 2 aliphatic carbocycles. The Morgan fingerprint density at radius 1 is 1.11 bits per heavy atom. The molecule has 0 spiro atoms.